The Bertz CT molecular complexity index is 223. The average molecular weight is 259 g/mol. The van der Waals surface area contributed by atoms with Crippen LogP contribution in [-0.4, -0.2) is 42.2 Å². The van der Waals surface area contributed by atoms with Gasteiger partial charge < -0.3 is 20.3 Å². The lowest BCUT2D eigenvalue weighted by Crippen LogP contribution is -2.40. The van der Waals surface area contributed by atoms with Crippen LogP contribution in [0.1, 0.15) is 52.9 Å². The van der Waals surface area contributed by atoms with Crippen molar-refractivity contribution in [2.45, 2.75) is 76.7 Å². The van der Waals surface area contributed by atoms with Crippen molar-refractivity contribution in [2.75, 3.05) is 13.2 Å². The Kier molecular flexibility index (Phi) is 6.57. The van der Waals surface area contributed by atoms with E-state index in [4.69, 9.17) is 20.3 Å². The molecular weight excluding hydrogens is 230 g/mol. The fourth-order valence-corrected chi connectivity index (χ4v) is 2.44. The lowest BCUT2D eigenvalue weighted by Gasteiger charge is -2.32. The first-order chi connectivity index (χ1) is 8.43. The van der Waals surface area contributed by atoms with Crippen molar-refractivity contribution in [3.05, 3.63) is 0 Å². The Morgan fingerprint density at radius 1 is 1.28 bits per heavy atom. The van der Waals surface area contributed by atoms with E-state index in [0.29, 0.717) is 18.3 Å². The third-order valence-corrected chi connectivity index (χ3v) is 3.51. The summed E-state index contributed by atoms with van der Waals surface area (Å²) in [6.07, 6.45) is 5.79. The third-order valence-electron chi connectivity index (χ3n) is 3.51. The lowest BCUT2D eigenvalue weighted by atomic mass is 9.97. The maximum atomic E-state index is 9.04. The van der Waals surface area contributed by atoms with E-state index in [1.165, 1.54) is 0 Å². The van der Waals surface area contributed by atoms with E-state index >= 15 is 0 Å². The molecular formula is C14H29NO3. The van der Waals surface area contributed by atoms with Crippen molar-refractivity contribution in [1.29, 1.82) is 0 Å². The van der Waals surface area contributed by atoms with E-state index in [-0.39, 0.29) is 6.61 Å². The highest BCUT2D eigenvalue weighted by Crippen LogP contribution is 2.22. The molecule has 1 aliphatic heterocycles. The Balaban J connectivity index is 2.07. The molecule has 4 nitrogen and oxygen atoms in total. The lowest BCUT2D eigenvalue weighted by molar-refractivity contribution is -0.102. The van der Waals surface area contributed by atoms with Gasteiger partial charge in [-0.2, -0.15) is 0 Å². The molecule has 0 aromatic heterocycles. The fraction of sp³-hybridized carbons (Fsp3) is 1.00. The minimum atomic E-state index is -0.443. The van der Waals surface area contributed by atoms with Crippen LogP contribution in [0, 0.1) is 0 Å². The van der Waals surface area contributed by atoms with Crippen molar-refractivity contribution < 1.29 is 14.6 Å². The predicted molar refractivity (Wildman–Crippen MR) is 72.5 cm³/mol. The summed E-state index contributed by atoms with van der Waals surface area (Å²) in [6, 6.07) is 0. The molecule has 108 valence electrons. The van der Waals surface area contributed by atoms with Crippen molar-refractivity contribution in [3.63, 3.8) is 0 Å². The van der Waals surface area contributed by atoms with E-state index in [1.807, 2.05) is 6.92 Å². The monoisotopic (exact) mass is 259 g/mol. The van der Waals surface area contributed by atoms with E-state index in [2.05, 4.69) is 13.8 Å². The van der Waals surface area contributed by atoms with E-state index in [9.17, 15) is 0 Å². The number of hydrogen-bond donors (Lipinski definition) is 2. The van der Waals surface area contributed by atoms with Gasteiger partial charge in [0.25, 0.3) is 0 Å². The Morgan fingerprint density at radius 2 is 1.89 bits per heavy atom. The molecule has 3 unspecified atom stereocenters. The molecule has 0 aromatic carbocycles. The summed E-state index contributed by atoms with van der Waals surface area (Å²) >= 11 is 0. The van der Waals surface area contributed by atoms with Gasteiger partial charge in [0.1, 0.15) is 0 Å². The summed E-state index contributed by atoms with van der Waals surface area (Å²) in [5.74, 6) is 0. The normalized spacial score (nSPS) is 32.2. The van der Waals surface area contributed by atoms with Crippen LogP contribution in [0.25, 0.3) is 0 Å². The van der Waals surface area contributed by atoms with Crippen LogP contribution in [0.15, 0.2) is 0 Å². The van der Waals surface area contributed by atoms with Crippen LogP contribution in [-0.2, 0) is 9.47 Å². The average Bonchev–Trinajstić information content (AvgIpc) is 2.27. The minimum Gasteiger partial charge on any atom is -0.394 e. The molecule has 18 heavy (non-hydrogen) atoms. The molecule has 0 bridgehead atoms. The van der Waals surface area contributed by atoms with Crippen molar-refractivity contribution >= 4 is 0 Å². The Hall–Kier alpha value is -0.160. The molecule has 3 N–H and O–H groups in total. The summed E-state index contributed by atoms with van der Waals surface area (Å²) in [6.45, 7) is 6.92. The first kappa shape index (κ1) is 15.9. The van der Waals surface area contributed by atoms with Gasteiger partial charge in [0.15, 0.2) is 0 Å². The van der Waals surface area contributed by atoms with Gasteiger partial charge in [0, 0.05) is 12.1 Å². The predicted octanol–water partition coefficient (Wildman–Crippen LogP) is 1.84. The van der Waals surface area contributed by atoms with E-state index in [0.717, 1.165) is 38.7 Å². The molecule has 0 spiro atoms. The Labute approximate surface area is 111 Å². The maximum absolute atomic E-state index is 9.04. The molecule has 0 amide bonds. The second kappa shape index (κ2) is 7.43. The summed E-state index contributed by atoms with van der Waals surface area (Å²) in [5.41, 5.74) is 5.43. The largest absolute Gasteiger partial charge is 0.394 e. The van der Waals surface area contributed by atoms with Gasteiger partial charge in [-0.3, -0.25) is 0 Å². The van der Waals surface area contributed by atoms with Gasteiger partial charge in [0.05, 0.1) is 24.9 Å². The molecule has 1 fully saturated rings. The number of aliphatic hydroxyl groups excluding tert-OH is 1. The summed E-state index contributed by atoms with van der Waals surface area (Å²) in [5, 5.41) is 9.04. The molecule has 4 heteroatoms. The second-order valence-electron chi connectivity index (χ2n) is 5.99. The molecule has 0 aromatic rings. The van der Waals surface area contributed by atoms with Crippen LogP contribution in [0.4, 0.5) is 0 Å². The van der Waals surface area contributed by atoms with E-state index in [1.54, 1.807) is 0 Å². The number of nitrogens with two attached hydrogens (primary N) is 1. The van der Waals surface area contributed by atoms with Gasteiger partial charge in [-0.15, -0.1) is 0 Å². The summed E-state index contributed by atoms with van der Waals surface area (Å²) in [7, 11) is 0. The molecule has 0 aliphatic carbocycles. The van der Waals surface area contributed by atoms with Crippen LogP contribution >= 0.6 is 0 Å². The smallest absolute Gasteiger partial charge is 0.0624 e. The zero-order chi connectivity index (χ0) is 13.6. The van der Waals surface area contributed by atoms with Crippen LogP contribution in [0.2, 0.25) is 0 Å². The zero-order valence-electron chi connectivity index (χ0n) is 12.0. The number of unbranched alkanes of at least 4 members (excludes halogenated alkanes) is 1. The molecule has 1 aliphatic rings. The Morgan fingerprint density at radius 3 is 2.44 bits per heavy atom. The summed E-state index contributed by atoms with van der Waals surface area (Å²) in [4.78, 5) is 0. The second-order valence-corrected chi connectivity index (χ2v) is 5.99. The molecule has 1 heterocycles. The maximum Gasteiger partial charge on any atom is 0.0624 e. The highest BCUT2D eigenvalue weighted by atomic mass is 16.5. The topological polar surface area (TPSA) is 64.7 Å². The first-order valence-corrected chi connectivity index (χ1v) is 7.10. The number of ether oxygens (including phenoxy) is 2. The van der Waals surface area contributed by atoms with Gasteiger partial charge in [0.2, 0.25) is 0 Å². The summed E-state index contributed by atoms with van der Waals surface area (Å²) < 4.78 is 11.6. The highest BCUT2D eigenvalue weighted by molar-refractivity contribution is 4.77. The van der Waals surface area contributed by atoms with Gasteiger partial charge >= 0.3 is 0 Å². The van der Waals surface area contributed by atoms with E-state index < -0.39 is 5.54 Å². The molecule has 0 radical (unpaired) electrons. The zero-order valence-corrected chi connectivity index (χ0v) is 12.0. The standard InChI is InChI=1S/C14H29NO3/c1-11-8-13(9-12(2)18-11)17-7-5-4-6-14(3,15)10-16/h11-13,16H,4-10,15H2,1-3H3. The van der Waals surface area contributed by atoms with Gasteiger partial charge in [-0.25, -0.2) is 0 Å². The van der Waals surface area contributed by atoms with Crippen LogP contribution in [0.3, 0.4) is 0 Å². The van der Waals surface area contributed by atoms with Gasteiger partial charge in [-0.05, 0) is 52.9 Å². The quantitative estimate of drug-likeness (QED) is 0.685. The molecule has 3 atom stereocenters. The van der Waals surface area contributed by atoms with Crippen molar-refractivity contribution in [2.24, 2.45) is 5.73 Å². The SMILES string of the molecule is CC1CC(OCCCCC(C)(N)CO)CC(C)O1. The minimum absolute atomic E-state index is 0.0445. The molecule has 0 saturated carbocycles. The first-order valence-electron chi connectivity index (χ1n) is 7.10. The molecule has 1 rings (SSSR count). The number of aliphatic hydroxyl groups is 1. The van der Waals surface area contributed by atoms with Crippen LogP contribution in [0.5, 0.6) is 0 Å². The van der Waals surface area contributed by atoms with Crippen molar-refractivity contribution in [1.82, 2.24) is 0 Å². The number of hydrogen-bond acceptors (Lipinski definition) is 4. The number of rotatable bonds is 7. The highest BCUT2D eigenvalue weighted by Gasteiger charge is 2.24. The van der Waals surface area contributed by atoms with Crippen LogP contribution < -0.4 is 5.73 Å². The molecule has 1 saturated heterocycles. The van der Waals surface area contributed by atoms with Crippen molar-refractivity contribution in [3.8, 4) is 0 Å². The fourth-order valence-electron chi connectivity index (χ4n) is 2.44. The van der Waals surface area contributed by atoms with Gasteiger partial charge in [-0.1, -0.05) is 0 Å². The third kappa shape index (κ3) is 6.14.